The number of ether oxygens (including phenoxy) is 3. The molecule has 1 aliphatic heterocycles. The Morgan fingerprint density at radius 2 is 1.96 bits per heavy atom. The van der Waals surface area contributed by atoms with Crippen LogP contribution in [0.3, 0.4) is 0 Å². The Balaban J connectivity index is 1.63. The molecule has 0 unspecified atom stereocenters. The molecule has 0 bridgehead atoms. The summed E-state index contributed by atoms with van der Waals surface area (Å²) >= 11 is 3.45. The number of carbonyl (C=O) groups excluding carboxylic acids is 1. The van der Waals surface area contributed by atoms with E-state index >= 15 is 0 Å². The van der Waals surface area contributed by atoms with Crippen LogP contribution in [0.4, 0.5) is 10.1 Å². The average Bonchev–Trinajstić information content (AvgIpc) is 2.68. The SMILES string of the molecule is CCN(CC(=O)Nc1cc2c(cc1Br)OCCO2)Cc1ccc(OC)c(F)c1. The van der Waals surface area contributed by atoms with Gasteiger partial charge in [0.25, 0.3) is 0 Å². The number of hydrogen-bond donors (Lipinski definition) is 1. The number of rotatable bonds is 7. The molecule has 0 saturated carbocycles. The lowest BCUT2D eigenvalue weighted by molar-refractivity contribution is -0.117. The Bertz CT molecular complexity index is 862. The number of halogens is 2. The van der Waals surface area contributed by atoms with Gasteiger partial charge < -0.3 is 19.5 Å². The minimum Gasteiger partial charge on any atom is -0.494 e. The highest BCUT2D eigenvalue weighted by atomic mass is 79.9. The molecule has 3 rings (SSSR count). The summed E-state index contributed by atoms with van der Waals surface area (Å²) in [7, 11) is 1.43. The Kier molecular flexibility index (Phi) is 6.74. The number of fused-ring (bicyclic) bond motifs is 1. The van der Waals surface area contributed by atoms with Crippen molar-refractivity contribution in [2.75, 3.05) is 38.7 Å². The molecule has 0 spiro atoms. The number of benzene rings is 2. The summed E-state index contributed by atoms with van der Waals surface area (Å²) in [5.74, 6) is 0.862. The first-order chi connectivity index (χ1) is 13.5. The van der Waals surface area contributed by atoms with Crippen LogP contribution in [0.2, 0.25) is 0 Å². The van der Waals surface area contributed by atoms with Gasteiger partial charge in [-0.1, -0.05) is 13.0 Å². The Morgan fingerprint density at radius 3 is 2.61 bits per heavy atom. The van der Waals surface area contributed by atoms with E-state index in [2.05, 4.69) is 21.2 Å². The van der Waals surface area contributed by atoms with Gasteiger partial charge in [0.2, 0.25) is 5.91 Å². The fourth-order valence-corrected chi connectivity index (χ4v) is 3.32. The van der Waals surface area contributed by atoms with Gasteiger partial charge in [-0.2, -0.15) is 0 Å². The number of methoxy groups -OCH3 is 1. The van der Waals surface area contributed by atoms with Crippen LogP contribution in [0.15, 0.2) is 34.8 Å². The van der Waals surface area contributed by atoms with Crippen molar-refractivity contribution in [1.82, 2.24) is 4.90 Å². The molecule has 0 radical (unpaired) electrons. The van der Waals surface area contributed by atoms with Crippen molar-refractivity contribution in [1.29, 1.82) is 0 Å². The molecule has 8 heteroatoms. The Hall–Kier alpha value is -2.32. The van der Waals surface area contributed by atoms with E-state index in [1.165, 1.54) is 13.2 Å². The van der Waals surface area contributed by atoms with E-state index in [9.17, 15) is 9.18 Å². The maximum Gasteiger partial charge on any atom is 0.238 e. The quantitative estimate of drug-likeness (QED) is 0.691. The van der Waals surface area contributed by atoms with E-state index in [1.807, 2.05) is 11.8 Å². The van der Waals surface area contributed by atoms with Crippen LogP contribution in [-0.4, -0.2) is 44.2 Å². The molecular formula is C20H22BrFN2O4. The van der Waals surface area contributed by atoms with Crippen molar-refractivity contribution >= 4 is 27.5 Å². The molecule has 1 aliphatic rings. The number of anilines is 1. The van der Waals surface area contributed by atoms with Crippen LogP contribution < -0.4 is 19.5 Å². The smallest absolute Gasteiger partial charge is 0.238 e. The van der Waals surface area contributed by atoms with Crippen LogP contribution in [0.1, 0.15) is 12.5 Å². The van der Waals surface area contributed by atoms with Crippen LogP contribution in [-0.2, 0) is 11.3 Å². The van der Waals surface area contributed by atoms with E-state index in [4.69, 9.17) is 14.2 Å². The molecule has 0 aliphatic carbocycles. The third-order valence-corrected chi connectivity index (χ3v) is 5.00. The van der Waals surface area contributed by atoms with Gasteiger partial charge in [-0.25, -0.2) is 4.39 Å². The molecule has 1 N–H and O–H groups in total. The maximum absolute atomic E-state index is 13.9. The highest BCUT2D eigenvalue weighted by Gasteiger charge is 2.17. The van der Waals surface area contributed by atoms with Crippen LogP contribution in [0.25, 0.3) is 0 Å². The third-order valence-electron chi connectivity index (χ3n) is 4.34. The van der Waals surface area contributed by atoms with E-state index in [0.717, 1.165) is 5.56 Å². The zero-order valence-electron chi connectivity index (χ0n) is 15.8. The van der Waals surface area contributed by atoms with Crippen molar-refractivity contribution in [3.8, 4) is 17.2 Å². The van der Waals surface area contributed by atoms with Crippen molar-refractivity contribution in [3.05, 3.63) is 46.2 Å². The molecule has 0 atom stereocenters. The number of likely N-dealkylation sites (N-methyl/N-ethyl adjacent to an activating group) is 1. The second kappa shape index (κ2) is 9.25. The topological polar surface area (TPSA) is 60.0 Å². The zero-order valence-corrected chi connectivity index (χ0v) is 17.3. The standard InChI is InChI=1S/C20H22BrFN2O4/c1-3-24(11-13-4-5-17(26-2)15(22)8-13)12-20(25)23-16-10-19-18(9-14(16)21)27-6-7-28-19/h4-5,8-10H,3,6-7,11-12H2,1-2H3,(H,23,25). The third kappa shape index (κ3) is 4.94. The lowest BCUT2D eigenvalue weighted by Crippen LogP contribution is -2.33. The molecule has 0 saturated heterocycles. The molecule has 6 nitrogen and oxygen atoms in total. The summed E-state index contributed by atoms with van der Waals surface area (Å²) in [6.45, 7) is 4.20. The van der Waals surface area contributed by atoms with Gasteiger partial charge in [0.15, 0.2) is 23.1 Å². The highest BCUT2D eigenvalue weighted by Crippen LogP contribution is 2.38. The van der Waals surface area contributed by atoms with E-state index in [-0.39, 0.29) is 18.2 Å². The number of nitrogens with zero attached hydrogens (tertiary/aromatic N) is 1. The molecule has 0 fully saturated rings. The van der Waals surface area contributed by atoms with E-state index in [0.29, 0.717) is 48.0 Å². The van der Waals surface area contributed by atoms with Crippen LogP contribution in [0, 0.1) is 5.82 Å². The lowest BCUT2D eigenvalue weighted by atomic mass is 10.2. The zero-order chi connectivity index (χ0) is 20.1. The van der Waals surface area contributed by atoms with E-state index < -0.39 is 5.82 Å². The molecule has 1 amide bonds. The Labute approximate surface area is 171 Å². The van der Waals surface area contributed by atoms with Crippen LogP contribution in [0.5, 0.6) is 17.2 Å². The average molecular weight is 453 g/mol. The van der Waals surface area contributed by atoms with Crippen molar-refractivity contribution in [2.45, 2.75) is 13.5 Å². The molecule has 1 heterocycles. The molecule has 150 valence electrons. The monoisotopic (exact) mass is 452 g/mol. The fraction of sp³-hybridized carbons (Fsp3) is 0.350. The number of amides is 1. The van der Waals surface area contributed by atoms with Gasteiger partial charge in [0.1, 0.15) is 13.2 Å². The largest absolute Gasteiger partial charge is 0.494 e. The first-order valence-corrected chi connectivity index (χ1v) is 9.73. The normalized spacial score (nSPS) is 12.8. The van der Waals surface area contributed by atoms with Gasteiger partial charge in [0, 0.05) is 23.2 Å². The summed E-state index contributed by atoms with van der Waals surface area (Å²) in [5, 5.41) is 2.88. The van der Waals surface area contributed by atoms with Crippen molar-refractivity contribution in [3.63, 3.8) is 0 Å². The molecular weight excluding hydrogens is 431 g/mol. The minimum atomic E-state index is -0.416. The predicted octanol–water partition coefficient (Wildman–Crippen LogP) is 3.83. The van der Waals surface area contributed by atoms with Crippen LogP contribution >= 0.6 is 15.9 Å². The van der Waals surface area contributed by atoms with Gasteiger partial charge in [-0.3, -0.25) is 9.69 Å². The number of hydrogen-bond acceptors (Lipinski definition) is 5. The summed E-state index contributed by atoms with van der Waals surface area (Å²) in [6.07, 6.45) is 0. The maximum atomic E-state index is 13.9. The summed E-state index contributed by atoms with van der Waals surface area (Å²) < 4.78 is 30.6. The molecule has 28 heavy (non-hydrogen) atoms. The summed E-state index contributed by atoms with van der Waals surface area (Å²) in [5.41, 5.74) is 1.38. The molecule has 2 aromatic carbocycles. The first kappa shape index (κ1) is 20.4. The van der Waals surface area contributed by atoms with Crippen molar-refractivity contribution in [2.24, 2.45) is 0 Å². The number of carbonyl (C=O) groups is 1. The van der Waals surface area contributed by atoms with Gasteiger partial charge in [-0.15, -0.1) is 0 Å². The predicted molar refractivity (Wildman–Crippen MR) is 108 cm³/mol. The van der Waals surface area contributed by atoms with E-state index in [1.54, 1.807) is 24.3 Å². The first-order valence-electron chi connectivity index (χ1n) is 8.94. The lowest BCUT2D eigenvalue weighted by Gasteiger charge is -2.22. The van der Waals surface area contributed by atoms with Gasteiger partial charge in [-0.05, 0) is 40.2 Å². The number of nitrogens with one attached hydrogen (secondary N) is 1. The van der Waals surface area contributed by atoms with Gasteiger partial charge >= 0.3 is 0 Å². The minimum absolute atomic E-state index is 0.172. The summed E-state index contributed by atoms with van der Waals surface area (Å²) in [6, 6.07) is 8.33. The fourth-order valence-electron chi connectivity index (χ4n) is 2.90. The van der Waals surface area contributed by atoms with Gasteiger partial charge in [0.05, 0.1) is 19.3 Å². The second-order valence-electron chi connectivity index (χ2n) is 6.30. The van der Waals surface area contributed by atoms with Crippen molar-refractivity contribution < 1.29 is 23.4 Å². The summed E-state index contributed by atoms with van der Waals surface area (Å²) in [4.78, 5) is 14.4. The molecule has 0 aromatic heterocycles. The second-order valence-corrected chi connectivity index (χ2v) is 7.15. The Morgan fingerprint density at radius 1 is 1.25 bits per heavy atom. The highest BCUT2D eigenvalue weighted by molar-refractivity contribution is 9.10. The molecule has 2 aromatic rings.